The summed E-state index contributed by atoms with van der Waals surface area (Å²) in [5.41, 5.74) is 13.9. The maximum atomic E-state index is 9.86. The van der Waals surface area contributed by atoms with Crippen LogP contribution in [0.2, 0.25) is 0 Å². The Morgan fingerprint density at radius 2 is 1.05 bits per heavy atom. The number of hydrogen-bond donors (Lipinski definition) is 0. The summed E-state index contributed by atoms with van der Waals surface area (Å²) in [6.07, 6.45) is 0. The lowest BCUT2D eigenvalue weighted by Gasteiger charge is -2.10. The Balaban J connectivity index is 1.03. The molecule has 0 amide bonds. The molecule has 0 bridgehead atoms. The topological polar surface area (TPSA) is 51.0 Å². The van der Waals surface area contributed by atoms with Crippen LogP contribution >= 0.6 is 11.3 Å². The van der Waals surface area contributed by atoms with Crippen molar-refractivity contribution >= 4 is 103 Å². The van der Waals surface area contributed by atoms with Crippen LogP contribution in [0.5, 0.6) is 0 Å². The Kier molecular flexibility index (Phi) is 6.33. The highest BCUT2D eigenvalue weighted by atomic mass is 32.1. The Bertz CT molecular complexity index is 3930. The van der Waals surface area contributed by atoms with Gasteiger partial charge in [0.15, 0.2) is 0 Å². The van der Waals surface area contributed by atoms with Crippen LogP contribution in [-0.4, -0.2) is 18.5 Å². The second-order valence-corrected chi connectivity index (χ2v) is 16.1. The van der Waals surface area contributed by atoms with Gasteiger partial charge in [0.1, 0.15) is 5.65 Å². The van der Waals surface area contributed by atoms with Crippen LogP contribution in [0.25, 0.3) is 114 Å². The van der Waals surface area contributed by atoms with Crippen LogP contribution < -0.4 is 0 Å². The Morgan fingerprint density at radius 1 is 0.448 bits per heavy atom. The zero-order valence-electron chi connectivity index (χ0n) is 30.9. The van der Waals surface area contributed by atoms with Gasteiger partial charge < -0.3 is 9.13 Å². The molecule has 0 aliphatic carbocycles. The molecule has 13 aromatic rings. The third kappa shape index (κ3) is 4.25. The lowest BCUT2D eigenvalue weighted by molar-refractivity contribution is 1.18. The highest BCUT2D eigenvalue weighted by Gasteiger charge is 2.21. The summed E-state index contributed by atoms with van der Waals surface area (Å²) in [4.78, 5) is 5.14. The second kappa shape index (κ2) is 11.7. The van der Waals surface area contributed by atoms with E-state index in [1.807, 2.05) is 29.5 Å². The summed E-state index contributed by atoms with van der Waals surface area (Å²) in [6.45, 7) is 0. The molecule has 0 aliphatic heterocycles. The van der Waals surface area contributed by atoms with Crippen LogP contribution in [0.4, 0.5) is 0 Å². The number of pyridine rings is 1. The molecule has 5 nitrogen and oxygen atoms in total. The summed E-state index contributed by atoms with van der Waals surface area (Å²) in [5.74, 6) is 0. The van der Waals surface area contributed by atoms with E-state index in [0.717, 1.165) is 50.0 Å². The van der Waals surface area contributed by atoms with Crippen molar-refractivity contribution in [2.45, 2.75) is 0 Å². The van der Waals surface area contributed by atoms with Crippen LogP contribution in [0.15, 0.2) is 176 Å². The maximum absolute atomic E-state index is 9.86. The molecular weight excluding hydrogens is 727 g/mol. The first-order chi connectivity index (χ1) is 28.7. The molecule has 58 heavy (non-hydrogen) atoms. The van der Waals surface area contributed by atoms with Gasteiger partial charge in [0.05, 0.1) is 54.9 Å². The number of rotatable bonds is 3. The van der Waals surface area contributed by atoms with Gasteiger partial charge >= 0.3 is 0 Å². The zero-order chi connectivity index (χ0) is 38.1. The number of nitrogens with zero attached hydrogens (tertiary/aromatic N) is 5. The van der Waals surface area contributed by atoms with Crippen molar-refractivity contribution in [3.63, 3.8) is 0 Å². The van der Waals surface area contributed by atoms with Crippen molar-refractivity contribution in [3.05, 3.63) is 181 Å². The second-order valence-electron chi connectivity index (χ2n) is 15.1. The normalized spacial score (nSPS) is 12.1. The van der Waals surface area contributed by atoms with Crippen molar-refractivity contribution in [1.29, 1.82) is 5.26 Å². The molecular formula is C52H29N5S. The van der Waals surface area contributed by atoms with Crippen molar-refractivity contribution in [2.24, 2.45) is 0 Å². The van der Waals surface area contributed by atoms with Crippen LogP contribution in [-0.2, 0) is 0 Å². The summed E-state index contributed by atoms with van der Waals surface area (Å²) in [7, 11) is 0. The van der Waals surface area contributed by atoms with E-state index in [0.29, 0.717) is 5.56 Å². The molecule has 5 heterocycles. The Labute approximate surface area is 335 Å². The summed E-state index contributed by atoms with van der Waals surface area (Å²) < 4.78 is 9.48. The van der Waals surface area contributed by atoms with E-state index in [1.165, 1.54) is 63.9 Å². The highest BCUT2D eigenvalue weighted by Crippen LogP contribution is 2.44. The van der Waals surface area contributed by atoms with Gasteiger partial charge in [0.25, 0.3) is 0 Å². The molecule has 0 aliphatic rings. The van der Waals surface area contributed by atoms with Gasteiger partial charge in [-0.15, -0.1) is 11.3 Å². The van der Waals surface area contributed by atoms with Crippen LogP contribution in [0.3, 0.4) is 0 Å². The lowest BCUT2D eigenvalue weighted by atomic mass is 10.0. The Hall–Kier alpha value is -7.72. The monoisotopic (exact) mass is 755 g/mol. The van der Waals surface area contributed by atoms with E-state index < -0.39 is 0 Å². The molecule has 268 valence electrons. The fourth-order valence-electron chi connectivity index (χ4n) is 9.48. The van der Waals surface area contributed by atoms with Gasteiger partial charge in [-0.3, -0.25) is 4.40 Å². The van der Waals surface area contributed by atoms with Crippen molar-refractivity contribution < 1.29 is 0 Å². The van der Waals surface area contributed by atoms with Gasteiger partial charge in [-0.25, -0.2) is 4.98 Å². The molecule has 0 spiro atoms. The highest BCUT2D eigenvalue weighted by molar-refractivity contribution is 7.26. The fourth-order valence-corrected chi connectivity index (χ4v) is 10.7. The average molecular weight is 756 g/mol. The zero-order valence-corrected chi connectivity index (χ0v) is 31.7. The molecule has 6 heteroatoms. The summed E-state index contributed by atoms with van der Waals surface area (Å²) >= 11 is 1.82. The fraction of sp³-hybridized carbons (Fsp3) is 0. The molecule has 0 radical (unpaired) electrons. The Morgan fingerprint density at radius 3 is 1.74 bits per heavy atom. The average Bonchev–Trinajstić information content (AvgIpc) is 4.04. The predicted octanol–water partition coefficient (Wildman–Crippen LogP) is 13.7. The number of hydrogen-bond acceptors (Lipinski definition) is 3. The number of para-hydroxylation sites is 3. The van der Waals surface area contributed by atoms with E-state index in [4.69, 9.17) is 4.98 Å². The van der Waals surface area contributed by atoms with Gasteiger partial charge in [0.2, 0.25) is 0 Å². The molecule has 13 rings (SSSR count). The first-order valence-electron chi connectivity index (χ1n) is 19.4. The van der Waals surface area contributed by atoms with Gasteiger partial charge in [-0.05, 0) is 96.1 Å². The third-order valence-corrected chi connectivity index (χ3v) is 13.2. The van der Waals surface area contributed by atoms with E-state index in [-0.39, 0.29) is 0 Å². The van der Waals surface area contributed by atoms with Crippen LogP contribution in [0.1, 0.15) is 5.56 Å². The van der Waals surface area contributed by atoms with Crippen LogP contribution in [0, 0.1) is 11.3 Å². The first kappa shape index (κ1) is 31.5. The summed E-state index contributed by atoms with van der Waals surface area (Å²) in [6, 6.07) is 65.5. The smallest absolute Gasteiger partial charge is 0.146 e. The summed E-state index contributed by atoms with van der Waals surface area (Å²) in [5, 5.41) is 18.2. The molecule has 0 fully saturated rings. The van der Waals surface area contributed by atoms with E-state index in [1.54, 1.807) is 0 Å². The molecule has 0 saturated heterocycles. The number of thiophene rings is 1. The molecule has 0 saturated carbocycles. The molecule has 0 atom stereocenters. The molecule has 8 aromatic carbocycles. The largest absolute Gasteiger partial charge is 0.309 e. The van der Waals surface area contributed by atoms with Gasteiger partial charge in [0, 0.05) is 53.8 Å². The minimum atomic E-state index is 0.624. The molecule has 0 unspecified atom stereocenters. The van der Waals surface area contributed by atoms with E-state index >= 15 is 0 Å². The minimum absolute atomic E-state index is 0.624. The SMILES string of the molecule is N#Cc1ccc2nc3c4ccccc4c4sc5ccc(-n6c7ccccc7c7cc(-c8ccc9c(c8)c8ccccc8n9-c8ccccc8)ccc76)cc5c4n3c2c1. The van der Waals surface area contributed by atoms with E-state index in [9.17, 15) is 5.26 Å². The lowest BCUT2D eigenvalue weighted by Crippen LogP contribution is -1.94. The number of nitriles is 1. The number of fused-ring (bicyclic) bond motifs is 16. The van der Waals surface area contributed by atoms with Crippen molar-refractivity contribution in [1.82, 2.24) is 18.5 Å². The predicted molar refractivity (Wildman–Crippen MR) is 242 cm³/mol. The van der Waals surface area contributed by atoms with Crippen molar-refractivity contribution in [3.8, 4) is 28.6 Å². The van der Waals surface area contributed by atoms with Crippen molar-refractivity contribution in [2.75, 3.05) is 0 Å². The standard InChI is InChI=1S/C52H29N5S/c53-30-31-18-22-43-48(26-31)57-50-42-29-35(21-25-49(42)58-51(50)38-14-4-5-15-39(38)52(57)54-43)56-45-17-9-7-13-37(45)41-28-33(20-24-47(41)56)32-19-23-46-40(27-32)36-12-6-8-16-44(36)55(46)34-10-2-1-3-11-34/h1-29H. The molecule has 5 aromatic heterocycles. The first-order valence-corrected chi connectivity index (χ1v) is 20.3. The third-order valence-electron chi connectivity index (χ3n) is 12.0. The molecule has 0 N–H and O–H groups in total. The minimum Gasteiger partial charge on any atom is -0.309 e. The number of benzene rings is 8. The van der Waals surface area contributed by atoms with E-state index in [2.05, 4.69) is 177 Å². The maximum Gasteiger partial charge on any atom is 0.146 e. The van der Waals surface area contributed by atoms with Gasteiger partial charge in [-0.1, -0.05) is 91.0 Å². The quantitative estimate of drug-likeness (QED) is 0.180. The number of imidazole rings is 1. The number of aromatic nitrogens is 4. The van der Waals surface area contributed by atoms with Gasteiger partial charge in [-0.2, -0.15) is 5.26 Å².